The van der Waals surface area contributed by atoms with Crippen molar-refractivity contribution in [1.82, 2.24) is 19.6 Å². The van der Waals surface area contributed by atoms with Crippen LogP contribution in [0.3, 0.4) is 0 Å². The zero-order chi connectivity index (χ0) is 24.5. The molecule has 1 aliphatic carbocycles. The molecule has 1 amide bonds. The minimum atomic E-state index is -4.61. The molecule has 3 heterocycles. The summed E-state index contributed by atoms with van der Waals surface area (Å²) in [5.41, 5.74) is -2.12. The number of aliphatic hydroxyl groups is 1. The van der Waals surface area contributed by atoms with Crippen LogP contribution >= 0.6 is 0 Å². The molecule has 10 heteroatoms. The normalized spacial score (nSPS) is 24.7. The van der Waals surface area contributed by atoms with E-state index in [4.69, 9.17) is 4.74 Å². The van der Waals surface area contributed by atoms with Crippen LogP contribution in [0.15, 0.2) is 18.3 Å². The number of hydrogen-bond acceptors (Lipinski definition) is 5. The van der Waals surface area contributed by atoms with Gasteiger partial charge in [0.25, 0.3) is 0 Å². The lowest BCUT2D eigenvalue weighted by Gasteiger charge is -2.31. The Labute approximate surface area is 190 Å². The first-order valence-electron chi connectivity index (χ1n) is 11.1. The highest BCUT2D eigenvalue weighted by Crippen LogP contribution is 2.52. The molecule has 4 atom stereocenters. The number of hydrogen-bond donors (Lipinski definition) is 2. The van der Waals surface area contributed by atoms with Gasteiger partial charge in [0.1, 0.15) is 5.82 Å². The maximum Gasteiger partial charge on any atom is 0.435 e. The molecule has 2 aromatic rings. The van der Waals surface area contributed by atoms with E-state index in [-0.39, 0.29) is 35.0 Å². The quantitative estimate of drug-likeness (QED) is 0.659. The van der Waals surface area contributed by atoms with Crippen molar-refractivity contribution in [2.75, 3.05) is 13.1 Å². The van der Waals surface area contributed by atoms with Crippen molar-refractivity contribution in [3.63, 3.8) is 0 Å². The second-order valence-electron chi connectivity index (χ2n) is 10.7. The van der Waals surface area contributed by atoms with E-state index in [1.807, 2.05) is 20.8 Å². The number of fused-ring (bicyclic) bond motifs is 2. The minimum absolute atomic E-state index is 0.00547. The summed E-state index contributed by atoms with van der Waals surface area (Å²) in [5.74, 6) is -0.146. The van der Waals surface area contributed by atoms with E-state index in [9.17, 15) is 23.1 Å². The number of carbonyl (C=O) groups is 1. The molecule has 2 fully saturated rings. The number of carbonyl (C=O) groups excluding carboxylic acids is 1. The number of aryl methyl sites for hydroxylation is 1. The Balaban J connectivity index is 1.49. The highest BCUT2D eigenvalue weighted by molar-refractivity contribution is 5.83. The van der Waals surface area contributed by atoms with Crippen molar-refractivity contribution < 1.29 is 27.8 Å². The predicted molar refractivity (Wildman–Crippen MR) is 115 cm³/mol. The molecule has 1 saturated carbocycles. The fourth-order valence-corrected chi connectivity index (χ4v) is 4.91. The van der Waals surface area contributed by atoms with Crippen molar-refractivity contribution in [3.05, 3.63) is 35.4 Å². The van der Waals surface area contributed by atoms with Crippen molar-refractivity contribution in [1.29, 1.82) is 0 Å². The lowest BCUT2D eigenvalue weighted by molar-refractivity contribution is -0.236. The average molecular weight is 469 g/mol. The number of likely N-dealkylation sites (tertiary alicyclic amines) is 1. The number of alkyl halides is 3. The Morgan fingerprint density at radius 2 is 1.82 bits per heavy atom. The van der Waals surface area contributed by atoms with Gasteiger partial charge in [0, 0.05) is 25.2 Å². The van der Waals surface area contributed by atoms with Gasteiger partial charge < -0.3 is 19.6 Å². The second kappa shape index (κ2) is 7.68. The molecule has 2 N–H and O–H groups in total. The van der Waals surface area contributed by atoms with Crippen molar-refractivity contribution in [2.24, 2.45) is 17.8 Å². The molecule has 1 unspecified atom stereocenters. The van der Waals surface area contributed by atoms with Gasteiger partial charge in [-0.05, 0) is 65.0 Å². The van der Waals surface area contributed by atoms with Crippen LogP contribution < -0.4 is 5.32 Å². The van der Waals surface area contributed by atoms with Crippen LogP contribution in [0.25, 0.3) is 5.52 Å². The SMILES string of the molecule is Cc1cccn2c(C(C)(C)NC(=O)[C@H]3[C@@H]4CN(C(O)OC(C)(C)C)C[C@@H]43)nc(C(F)(F)F)c12. The topological polar surface area (TPSA) is 79.1 Å². The molecular formula is C23H31F3N4O3. The summed E-state index contributed by atoms with van der Waals surface area (Å²) in [5, 5.41) is 13.2. The van der Waals surface area contributed by atoms with Gasteiger partial charge in [-0.15, -0.1) is 0 Å². The molecule has 0 bridgehead atoms. The van der Waals surface area contributed by atoms with Gasteiger partial charge in [0.2, 0.25) is 12.3 Å². The number of aliphatic hydroxyl groups excluding tert-OH is 1. The van der Waals surface area contributed by atoms with Crippen molar-refractivity contribution in [2.45, 2.75) is 65.3 Å². The first-order chi connectivity index (χ1) is 15.1. The van der Waals surface area contributed by atoms with E-state index in [0.717, 1.165) is 0 Å². The molecule has 0 spiro atoms. The molecule has 4 rings (SSSR count). The van der Waals surface area contributed by atoms with Crippen LogP contribution in [0, 0.1) is 24.7 Å². The van der Waals surface area contributed by atoms with Gasteiger partial charge in [0.15, 0.2) is 5.69 Å². The number of nitrogens with zero attached hydrogens (tertiary/aromatic N) is 3. The zero-order valence-electron chi connectivity index (χ0n) is 19.7. The van der Waals surface area contributed by atoms with Crippen LogP contribution in [-0.2, 0) is 21.2 Å². The summed E-state index contributed by atoms with van der Waals surface area (Å²) in [6, 6.07) is 3.27. The molecule has 33 heavy (non-hydrogen) atoms. The maximum absolute atomic E-state index is 13.7. The molecule has 0 radical (unpaired) electrons. The number of nitrogens with one attached hydrogen (secondary N) is 1. The second-order valence-corrected chi connectivity index (χ2v) is 10.7. The molecular weight excluding hydrogens is 437 g/mol. The third kappa shape index (κ3) is 4.48. The van der Waals surface area contributed by atoms with E-state index in [2.05, 4.69) is 10.3 Å². The molecule has 0 aromatic carbocycles. The number of piperidine rings is 1. The van der Waals surface area contributed by atoms with Gasteiger partial charge in [0.05, 0.1) is 16.7 Å². The van der Waals surface area contributed by atoms with Gasteiger partial charge in [-0.25, -0.2) is 4.98 Å². The van der Waals surface area contributed by atoms with Crippen molar-refractivity contribution >= 4 is 11.4 Å². The molecule has 1 saturated heterocycles. The van der Waals surface area contributed by atoms with Crippen LogP contribution in [0.2, 0.25) is 0 Å². The fourth-order valence-electron chi connectivity index (χ4n) is 4.91. The maximum atomic E-state index is 13.7. The Kier molecular flexibility index (Phi) is 5.58. The Morgan fingerprint density at radius 3 is 2.36 bits per heavy atom. The molecule has 1 aliphatic heterocycles. The summed E-state index contributed by atoms with van der Waals surface area (Å²) in [7, 11) is 0. The minimum Gasteiger partial charge on any atom is -0.356 e. The lowest BCUT2D eigenvalue weighted by atomic mass is 10.0. The number of ether oxygens (including phenoxy) is 1. The van der Waals surface area contributed by atoms with E-state index in [0.29, 0.717) is 18.7 Å². The fraction of sp³-hybridized carbons (Fsp3) is 0.652. The largest absolute Gasteiger partial charge is 0.435 e. The summed E-state index contributed by atoms with van der Waals surface area (Å²) in [6.07, 6.45) is -4.10. The first kappa shape index (κ1) is 24.0. The first-order valence-corrected chi connectivity index (χ1v) is 11.1. The van der Waals surface area contributed by atoms with E-state index >= 15 is 0 Å². The number of imidazole rings is 1. The van der Waals surface area contributed by atoms with Gasteiger partial charge in [-0.2, -0.15) is 13.2 Å². The number of pyridine rings is 1. The highest BCUT2D eigenvalue weighted by atomic mass is 19.4. The van der Waals surface area contributed by atoms with Crippen LogP contribution in [0.1, 0.15) is 51.7 Å². The molecule has 2 aromatic heterocycles. The predicted octanol–water partition coefficient (Wildman–Crippen LogP) is 3.28. The number of halogens is 3. The Bertz CT molecular complexity index is 1060. The number of amides is 1. The van der Waals surface area contributed by atoms with Crippen molar-refractivity contribution in [3.8, 4) is 0 Å². The van der Waals surface area contributed by atoms with Gasteiger partial charge in [-0.3, -0.25) is 9.69 Å². The highest BCUT2D eigenvalue weighted by Gasteiger charge is 2.61. The van der Waals surface area contributed by atoms with E-state index in [1.165, 1.54) is 10.6 Å². The average Bonchev–Trinajstić information content (AvgIpc) is 3.00. The van der Waals surface area contributed by atoms with Crippen LogP contribution in [0.5, 0.6) is 0 Å². The summed E-state index contributed by atoms with van der Waals surface area (Å²) in [6.45, 7) is 11.6. The van der Waals surface area contributed by atoms with Crippen LogP contribution in [0.4, 0.5) is 13.2 Å². The number of aromatic nitrogens is 2. The molecule has 2 aliphatic rings. The summed E-state index contributed by atoms with van der Waals surface area (Å²) in [4.78, 5) is 18.8. The zero-order valence-corrected chi connectivity index (χ0v) is 19.7. The third-order valence-corrected chi connectivity index (χ3v) is 6.43. The number of rotatable bonds is 5. The monoisotopic (exact) mass is 468 g/mol. The smallest absolute Gasteiger partial charge is 0.356 e. The molecule has 7 nitrogen and oxygen atoms in total. The standard InChI is InChI=1S/C23H31F3N4O3/c1-12-8-7-9-30-16(12)17(23(24,25)26)27-19(30)22(5,6)28-18(31)15-13-10-29(11-14(13)15)20(32)33-21(2,3)4/h7-9,13-15,20,32H,10-11H2,1-6H3,(H,28,31)/t13-,14+,15+,20?. The Morgan fingerprint density at radius 1 is 1.21 bits per heavy atom. The third-order valence-electron chi connectivity index (χ3n) is 6.43. The summed E-state index contributed by atoms with van der Waals surface area (Å²) < 4.78 is 48.0. The van der Waals surface area contributed by atoms with Gasteiger partial charge in [-0.1, -0.05) is 6.07 Å². The van der Waals surface area contributed by atoms with Gasteiger partial charge >= 0.3 is 6.18 Å². The van der Waals surface area contributed by atoms with Crippen LogP contribution in [-0.4, -0.2) is 50.4 Å². The lowest BCUT2D eigenvalue weighted by Crippen LogP contribution is -2.46. The molecule has 182 valence electrons. The van der Waals surface area contributed by atoms with E-state index in [1.54, 1.807) is 37.8 Å². The van der Waals surface area contributed by atoms with E-state index < -0.39 is 29.4 Å². The Hall–Kier alpha value is -2.17. The summed E-state index contributed by atoms with van der Waals surface area (Å²) >= 11 is 0.